The summed E-state index contributed by atoms with van der Waals surface area (Å²) in [5, 5.41) is 5.17. The lowest BCUT2D eigenvalue weighted by molar-refractivity contribution is -0.125. The van der Waals surface area contributed by atoms with Gasteiger partial charge in [0.15, 0.2) is 0 Å². The van der Waals surface area contributed by atoms with Crippen LogP contribution in [0.1, 0.15) is 37.8 Å². The Labute approximate surface area is 106 Å². The molecule has 0 bridgehead atoms. The van der Waals surface area contributed by atoms with Gasteiger partial charge in [0.2, 0.25) is 0 Å². The molecule has 1 saturated heterocycles. The van der Waals surface area contributed by atoms with Gasteiger partial charge in [-0.2, -0.15) is 0 Å². The van der Waals surface area contributed by atoms with Crippen LogP contribution in [0.4, 0.5) is 4.79 Å². The highest BCUT2D eigenvalue weighted by Crippen LogP contribution is 2.45. The van der Waals surface area contributed by atoms with Gasteiger partial charge in [0.1, 0.15) is 5.54 Å². The number of benzene rings is 1. The van der Waals surface area contributed by atoms with E-state index in [1.54, 1.807) is 0 Å². The van der Waals surface area contributed by atoms with E-state index >= 15 is 0 Å². The molecule has 4 nitrogen and oxygen atoms in total. The van der Waals surface area contributed by atoms with Gasteiger partial charge in [-0.1, -0.05) is 38.1 Å². The predicted molar refractivity (Wildman–Crippen MR) is 67.1 cm³/mol. The van der Waals surface area contributed by atoms with E-state index in [1.807, 2.05) is 24.3 Å². The third kappa shape index (κ3) is 1.32. The first-order valence-electron chi connectivity index (χ1n) is 6.19. The average molecular weight is 244 g/mol. The number of rotatable bonds is 0. The van der Waals surface area contributed by atoms with Crippen LogP contribution in [0, 0.1) is 0 Å². The molecule has 2 aliphatic rings. The Hall–Kier alpha value is -1.84. The molecule has 1 aliphatic carbocycles. The monoisotopic (exact) mass is 244 g/mol. The van der Waals surface area contributed by atoms with Crippen LogP contribution in [0.2, 0.25) is 0 Å². The molecule has 1 fully saturated rings. The van der Waals surface area contributed by atoms with E-state index in [0.717, 1.165) is 17.5 Å². The van der Waals surface area contributed by atoms with Crippen LogP contribution >= 0.6 is 0 Å². The molecular formula is C14H16N2O2. The Morgan fingerprint density at radius 2 is 1.72 bits per heavy atom. The average Bonchev–Trinajstić information content (AvgIpc) is 2.61. The van der Waals surface area contributed by atoms with Crippen LogP contribution < -0.4 is 10.6 Å². The molecule has 1 heterocycles. The smallest absolute Gasteiger partial charge is 0.319 e. The maximum atomic E-state index is 12.1. The summed E-state index contributed by atoms with van der Waals surface area (Å²) in [4.78, 5) is 23.6. The van der Waals surface area contributed by atoms with Gasteiger partial charge < -0.3 is 5.32 Å². The lowest BCUT2D eigenvalue weighted by Gasteiger charge is -2.41. The molecule has 0 saturated carbocycles. The quantitative estimate of drug-likeness (QED) is 0.684. The van der Waals surface area contributed by atoms with Crippen molar-refractivity contribution in [1.29, 1.82) is 0 Å². The molecule has 1 atom stereocenters. The molecular weight excluding hydrogens is 228 g/mol. The molecule has 0 radical (unpaired) electrons. The highest BCUT2D eigenvalue weighted by molar-refractivity contribution is 6.07. The molecule has 18 heavy (non-hydrogen) atoms. The minimum atomic E-state index is -0.858. The van der Waals surface area contributed by atoms with Crippen molar-refractivity contribution < 1.29 is 9.59 Å². The second kappa shape index (κ2) is 3.34. The van der Waals surface area contributed by atoms with Crippen LogP contribution in [0.25, 0.3) is 0 Å². The number of fused-ring (bicyclic) bond motifs is 2. The summed E-state index contributed by atoms with van der Waals surface area (Å²) in [5.41, 5.74) is 1.26. The number of hydrogen-bond donors (Lipinski definition) is 2. The third-order valence-electron chi connectivity index (χ3n) is 4.18. The molecule has 3 rings (SSSR count). The fourth-order valence-corrected chi connectivity index (χ4v) is 3.07. The first-order chi connectivity index (χ1) is 8.46. The summed E-state index contributed by atoms with van der Waals surface area (Å²) in [7, 11) is 0. The normalized spacial score (nSPS) is 28.8. The number of carbonyl (C=O) groups is 2. The van der Waals surface area contributed by atoms with E-state index in [-0.39, 0.29) is 11.3 Å². The van der Waals surface area contributed by atoms with Gasteiger partial charge in [0.25, 0.3) is 5.91 Å². The number of amides is 3. The number of imide groups is 1. The number of carbonyl (C=O) groups excluding carboxylic acids is 2. The topological polar surface area (TPSA) is 58.2 Å². The van der Waals surface area contributed by atoms with E-state index in [2.05, 4.69) is 24.5 Å². The molecule has 1 aromatic carbocycles. The maximum Gasteiger partial charge on any atom is 0.322 e. The largest absolute Gasteiger partial charge is 0.322 e. The van der Waals surface area contributed by atoms with Crippen LogP contribution in [0.5, 0.6) is 0 Å². The van der Waals surface area contributed by atoms with E-state index in [0.29, 0.717) is 6.42 Å². The molecule has 2 N–H and O–H groups in total. The molecule has 1 spiro atoms. The van der Waals surface area contributed by atoms with Crippen molar-refractivity contribution in [2.45, 2.75) is 37.6 Å². The zero-order valence-electron chi connectivity index (χ0n) is 10.5. The Morgan fingerprint density at radius 1 is 1.06 bits per heavy atom. The Morgan fingerprint density at radius 3 is 2.33 bits per heavy atom. The van der Waals surface area contributed by atoms with Gasteiger partial charge in [-0.05, 0) is 29.4 Å². The molecule has 94 valence electrons. The number of nitrogens with one attached hydrogen (secondary N) is 2. The standard InChI is InChI=1S/C14H16N2O2/c1-13(2)7-8-14(11(17)15-12(18)16-14)10-6-4-3-5-9(10)13/h3-6H,7-8H2,1-2H3,(H2,15,16,17,18). The minimum absolute atomic E-state index is 0.0371. The lowest BCUT2D eigenvalue weighted by atomic mass is 9.65. The Balaban J connectivity index is 2.22. The SMILES string of the molecule is CC1(C)CCC2(NC(=O)NC2=O)c2ccccc21. The molecule has 1 unspecified atom stereocenters. The van der Waals surface area contributed by atoms with E-state index in [4.69, 9.17) is 0 Å². The van der Waals surface area contributed by atoms with Crippen molar-refractivity contribution in [3.63, 3.8) is 0 Å². The highest BCUT2D eigenvalue weighted by Gasteiger charge is 2.52. The van der Waals surface area contributed by atoms with Crippen molar-refractivity contribution in [1.82, 2.24) is 10.6 Å². The molecule has 3 amide bonds. The maximum absolute atomic E-state index is 12.1. The minimum Gasteiger partial charge on any atom is -0.319 e. The predicted octanol–water partition coefficient (Wildman–Crippen LogP) is 1.79. The second-order valence-electron chi connectivity index (χ2n) is 5.74. The van der Waals surface area contributed by atoms with Gasteiger partial charge >= 0.3 is 6.03 Å². The summed E-state index contributed by atoms with van der Waals surface area (Å²) in [6, 6.07) is 7.50. The fraction of sp³-hybridized carbons (Fsp3) is 0.429. The van der Waals surface area contributed by atoms with Crippen molar-refractivity contribution >= 4 is 11.9 Å². The van der Waals surface area contributed by atoms with Crippen molar-refractivity contribution in [2.75, 3.05) is 0 Å². The van der Waals surface area contributed by atoms with E-state index in [1.165, 1.54) is 0 Å². The summed E-state index contributed by atoms with van der Waals surface area (Å²) in [5.74, 6) is -0.226. The second-order valence-corrected chi connectivity index (χ2v) is 5.74. The third-order valence-corrected chi connectivity index (χ3v) is 4.18. The van der Waals surface area contributed by atoms with Crippen LogP contribution in [0.15, 0.2) is 24.3 Å². The van der Waals surface area contributed by atoms with Crippen molar-refractivity contribution in [3.8, 4) is 0 Å². The van der Waals surface area contributed by atoms with Crippen molar-refractivity contribution in [3.05, 3.63) is 35.4 Å². The van der Waals surface area contributed by atoms with Gasteiger partial charge in [-0.15, -0.1) is 0 Å². The molecule has 0 aromatic heterocycles. The molecule has 4 heteroatoms. The van der Waals surface area contributed by atoms with Gasteiger partial charge in [-0.25, -0.2) is 4.79 Å². The first-order valence-corrected chi connectivity index (χ1v) is 6.19. The first kappa shape index (κ1) is 11.3. The van der Waals surface area contributed by atoms with Crippen LogP contribution in [0.3, 0.4) is 0 Å². The van der Waals surface area contributed by atoms with E-state index < -0.39 is 11.6 Å². The van der Waals surface area contributed by atoms with Crippen LogP contribution in [-0.2, 0) is 15.7 Å². The summed E-state index contributed by atoms with van der Waals surface area (Å²) < 4.78 is 0. The Bertz CT molecular complexity index is 550. The number of urea groups is 1. The fourth-order valence-electron chi connectivity index (χ4n) is 3.07. The zero-order valence-corrected chi connectivity index (χ0v) is 10.5. The highest BCUT2D eigenvalue weighted by atomic mass is 16.2. The summed E-state index contributed by atoms with van der Waals surface area (Å²) >= 11 is 0. The molecule has 1 aliphatic heterocycles. The van der Waals surface area contributed by atoms with Gasteiger partial charge in [-0.3, -0.25) is 10.1 Å². The summed E-state index contributed by atoms with van der Waals surface area (Å²) in [6.45, 7) is 4.35. The zero-order chi connectivity index (χ0) is 13.0. The van der Waals surface area contributed by atoms with E-state index in [9.17, 15) is 9.59 Å². The van der Waals surface area contributed by atoms with Gasteiger partial charge in [0.05, 0.1) is 0 Å². The number of hydrogen-bond acceptors (Lipinski definition) is 2. The van der Waals surface area contributed by atoms with Crippen LogP contribution in [-0.4, -0.2) is 11.9 Å². The van der Waals surface area contributed by atoms with Gasteiger partial charge in [0, 0.05) is 0 Å². The lowest BCUT2D eigenvalue weighted by Crippen LogP contribution is -2.49. The van der Waals surface area contributed by atoms with Crippen molar-refractivity contribution in [2.24, 2.45) is 0 Å². The molecule has 1 aromatic rings. The Kier molecular flexibility index (Phi) is 2.09. The summed E-state index contributed by atoms with van der Waals surface area (Å²) in [6.07, 6.45) is 1.52.